The normalized spacial score (nSPS) is 11.0. The van der Waals surface area contributed by atoms with Crippen LogP contribution in [-0.2, 0) is 0 Å². The van der Waals surface area contributed by atoms with Gasteiger partial charge in [0, 0.05) is 11.1 Å². The Morgan fingerprint density at radius 1 is 1.19 bits per heavy atom. The van der Waals surface area contributed by atoms with Crippen LogP contribution in [0.15, 0.2) is 36.9 Å². The minimum Gasteiger partial charge on any atom is -0.253 e. The molecule has 0 N–H and O–H groups in total. The van der Waals surface area contributed by atoms with E-state index < -0.39 is 0 Å². The van der Waals surface area contributed by atoms with Gasteiger partial charge in [-0.25, -0.2) is 0 Å². The maximum Gasteiger partial charge on any atom is 0.0705 e. The number of allylic oxidation sites excluding steroid dienone is 1. The summed E-state index contributed by atoms with van der Waals surface area (Å²) < 4.78 is 0. The Hall–Kier alpha value is -1.63. The molecule has 1 heteroatoms. The van der Waals surface area contributed by atoms with Gasteiger partial charge in [0.05, 0.1) is 5.52 Å². The van der Waals surface area contributed by atoms with Crippen molar-refractivity contribution in [2.75, 3.05) is 0 Å². The van der Waals surface area contributed by atoms with Crippen molar-refractivity contribution in [3.05, 3.63) is 48.2 Å². The van der Waals surface area contributed by atoms with Crippen molar-refractivity contribution in [3.8, 4) is 0 Å². The van der Waals surface area contributed by atoms with E-state index in [1.54, 1.807) is 0 Å². The summed E-state index contributed by atoms with van der Waals surface area (Å²) in [5.74, 6) is 0.477. The van der Waals surface area contributed by atoms with Crippen LogP contribution in [0.4, 0.5) is 0 Å². The zero-order valence-electron chi connectivity index (χ0n) is 10.1. The van der Waals surface area contributed by atoms with E-state index in [4.69, 9.17) is 0 Å². The molecule has 0 saturated heterocycles. The SMILES string of the molecule is C=C(C)c1ccc2nc(C(C)C)ccc2c1. The van der Waals surface area contributed by atoms with Gasteiger partial charge in [0.2, 0.25) is 0 Å². The molecule has 0 spiro atoms. The Morgan fingerprint density at radius 3 is 2.56 bits per heavy atom. The molecule has 16 heavy (non-hydrogen) atoms. The van der Waals surface area contributed by atoms with E-state index in [0.29, 0.717) is 5.92 Å². The van der Waals surface area contributed by atoms with Crippen molar-refractivity contribution in [1.29, 1.82) is 0 Å². The molecule has 0 aliphatic heterocycles. The van der Waals surface area contributed by atoms with Crippen LogP contribution in [0.1, 0.15) is 37.9 Å². The van der Waals surface area contributed by atoms with Crippen LogP contribution in [0.25, 0.3) is 16.5 Å². The van der Waals surface area contributed by atoms with Gasteiger partial charge >= 0.3 is 0 Å². The van der Waals surface area contributed by atoms with E-state index in [0.717, 1.165) is 16.8 Å². The molecule has 1 heterocycles. The lowest BCUT2D eigenvalue weighted by molar-refractivity contribution is 0.830. The minimum absolute atomic E-state index is 0.477. The highest BCUT2D eigenvalue weighted by Crippen LogP contribution is 2.21. The second kappa shape index (κ2) is 4.09. The molecule has 0 aliphatic carbocycles. The first kappa shape index (κ1) is 10.9. The van der Waals surface area contributed by atoms with E-state index in [9.17, 15) is 0 Å². The van der Waals surface area contributed by atoms with Gasteiger partial charge in [-0.1, -0.05) is 38.1 Å². The van der Waals surface area contributed by atoms with Crippen molar-refractivity contribution in [2.24, 2.45) is 0 Å². The van der Waals surface area contributed by atoms with Crippen LogP contribution in [0.5, 0.6) is 0 Å². The molecule has 0 fully saturated rings. The summed E-state index contributed by atoms with van der Waals surface area (Å²) in [4.78, 5) is 4.65. The number of nitrogens with zero attached hydrogens (tertiary/aromatic N) is 1. The van der Waals surface area contributed by atoms with Gasteiger partial charge in [-0.2, -0.15) is 0 Å². The van der Waals surface area contributed by atoms with E-state index in [1.165, 1.54) is 10.9 Å². The van der Waals surface area contributed by atoms with Gasteiger partial charge in [0.25, 0.3) is 0 Å². The van der Waals surface area contributed by atoms with Gasteiger partial charge in [-0.15, -0.1) is 0 Å². The van der Waals surface area contributed by atoms with E-state index in [2.05, 4.69) is 55.7 Å². The summed E-state index contributed by atoms with van der Waals surface area (Å²) in [6.07, 6.45) is 0. The second-order valence-corrected chi connectivity index (χ2v) is 4.58. The smallest absolute Gasteiger partial charge is 0.0705 e. The average molecular weight is 211 g/mol. The van der Waals surface area contributed by atoms with E-state index in [-0.39, 0.29) is 0 Å². The predicted molar refractivity (Wildman–Crippen MR) is 70.5 cm³/mol. The molecule has 0 amide bonds. The van der Waals surface area contributed by atoms with Crippen molar-refractivity contribution in [1.82, 2.24) is 4.98 Å². The van der Waals surface area contributed by atoms with Crippen molar-refractivity contribution >= 4 is 16.5 Å². The largest absolute Gasteiger partial charge is 0.253 e. The van der Waals surface area contributed by atoms with Crippen molar-refractivity contribution < 1.29 is 0 Å². The molecule has 0 unspecified atom stereocenters. The fourth-order valence-electron chi connectivity index (χ4n) is 1.73. The van der Waals surface area contributed by atoms with Crippen LogP contribution >= 0.6 is 0 Å². The quantitative estimate of drug-likeness (QED) is 0.717. The standard InChI is InChI=1S/C15H17N/c1-10(2)12-5-8-15-13(9-12)6-7-14(16-15)11(3)4/h5-9,11H,1H2,2-4H3. The molecule has 0 radical (unpaired) electrons. The molecule has 0 atom stereocenters. The molecule has 0 bridgehead atoms. The lowest BCUT2D eigenvalue weighted by Crippen LogP contribution is -1.92. The Kier molecular flexibility index (Phi) is 2.78. The first-order valence-corrected chi connectivity index (χ1v) is 5.64. The maximum absolute atomic E-state index is 4.65. The number of rotatable bonds is 2. The number of hydrogen-bond donors (Lipinski definition) is 0. The van der Waals surface area contributed by atoms with E-state index >= 15 is 0 Å². The van der Waals surface area contributed by atoms with Crippen LogP contribution in [0, 0.1) is 0 Å². The number of aromatic nitrogens is 1. The zero-order valence-corrected chi connectivity index (χ0v) is 10.1. The zero-order chi connectivity index (χ0) is 11.7. The molecule has 2 aromatic rings. The highest BCUT2D eigenvalue weighted by atomic mass is 14.7. The van der Waals surface area contributed by atoms with E-state index in [1.807, 2.05) is 6.92 Å². The molecule has 1 aromatic carbocycles. The van der Waals surface area contributed by atoms with Gasteiger partial charge < -0.3 is 0 Å². The number of benzene rings is 1. The number of fused-ring (bicyclic) bond motifs is 1. The van der Waals surface area contributed by atoms with Crippen LogP contribution in [0.3, 0.4) is 0 Å². The molecular weight excluding hydrogens is 194 g/mol. The van der Waals surface area contributed by atoms with Crippen LogP contribution in [0.2, 0.25) is 0 Å². The third kappa shape index (κ3) is 1.99. The maximum atomic E-state index is 4.65. The Labute approximate surface area is 96.8 Å². The third-order valence-corrected chi connectivity index (χ3v) is 2.80. The number of hydrogen-bond acceptors (Lipinski definition) is 1. The Morgan fingerprint density at radius 2 is 1.94 bits per heavy atom. The summed E-state index contributed by atoms with van der Waals surface area (Å²) in [5, 5.41) is 1.19. The first-order chi connectivity index (χ1) is 7.58. The minimum atomic E-state index is 0.477. The second-order valence-electron chi connectivity index (χ2n) is 4.58. The molecule has 0 saturated carbocycles. The Balaban J connectivity index is 2.57. The molecule has 1 nitrogen and oxygen atoms in total. The van der Waals surface area contributed by atoms with Gasteiger partial charge in [-0.3, -0.25) is 4.98 Å². The summed E-state index contributed by atoms with van der Waals surface area (Å²) in [6, 6.07) is 10.6. The summed E-state index contributed by atoms with van der Waals surface area (Å²) in [7, 11) is 0. The highest BCUT2D eigenvalue weighted by Gasteiger charge is 2.03. The van der Waals surface area contributed by atoms with Crippen LogP contribution in [-0.4, -0.2) is 4.98 Å². The van der Waals surface area contributed by atoms with Crippen molar-refractivity contribution in [2.45, 2.75) is 26.7 Å². The molecule has 1 aromatic heterocycles. The fraction of sp³-hybridized carbons (Fsp3) is 0.267. The lowest BCUT2D eigenvalue weighted by atomic mass is 10.0. The van der Waals surface area contributed by atoms with Crippen molar-refractivity contribution in [3.63, 3.8) is 0 Å². The highest BCUT2D eigenvalue weighted by molar-refractivity contribution is 5.82. The first-order valence-electron chi connectivity index (χ1n) is 5.64. The number of pyridine rings is 1. The monoisotopic (exact) mass is 211 g/mol. The van der Waals surface area contributed by atoms with Gasteiger partial charge in [0.15, 0.2) is 0 Å². The summed E-state index contributed by atoms with van der Waals surface area (Å²) >= 11 is 0. The Bertz CT molecular complexity index is 538. The summed E-state index contributed by atoms with van der Waals surface area (Å²) in [6.45, 7) is 10.3. The van der Waals surface area contributed by atoms with Gasteiger partial charge in [-0.05, 0) is 36.6 Å². The van der Waals surface area contributed by atoms with Gasteiger partial charge in [0.1, 0.15) is 0 Å². The fourth-order valence-corrected chi connectivity index (χ4v) is 1.73. The molecule has 82 valence electrons. The third-order valence-electron chi connectivity index (χ3n) is 2.80. The molecular formula is C15H17N. The molecule has 0 aliphatic rings. The van der Waals surface area contributed by atoms with Crippen LogP contribution < -0.4 is 0 Å². The molecule has 2 rings (SSSR count). The average Bonchev–Trinajstić information content (AvgIpc) is 2.27. The lowest BCUT2D eigenvalue weighted by Gasteiger charge is -2.07. The summed E-state index contributed by atoms with van der Waals surface area (Å²) in [5.41, 5.74) is 4.49. The topological polar surface area (TPSA) is 12.9 Å². The predicted octanol–water partition coefficient (Wildman–Crippen LogP) is 4.39.